The summed E-state index contributed by atoms with van der Waals surface area (Å²) in [5.41, 5.74) is 1.62. The van der Waals surface area contributed by atoms with E-state index in [1.54, 1.807) is 60.7 Å². The number of amides is 4. The summed E-state index contributed by atoms with van der Waals surface area (Å²) in [5, 5.41) is 4.21. The summed E-state index contributed by atoms with van der Waals surface area (Å²) in [6.07, 6.45) is -2.61. The van der Waals surface area contributed by atoms with E-state index in [0.717, 1.165) is 11.1 Å². The van der Waals surface area contributed by atoms with Crippen LogP contribution in [0, 0.1) is 0 Å². The van der Waals surface area contributed by atoms with Crippen molar-refractivity contribution in [2.75, 3.05) is 0 Å². The number of cyclic esters (lactones) is 2. The van der Waals surface area contributed by atoms with Gasteiger partial charge in [-0.2, -0.15) is 0 Å². The van der Waals surface area contributed by atoms with Crippen molar-refractivity contribution in [1.82, 2.24) is 10.6 Å². The molecule has 0 aliphatic carbocycles. The number of carbonyl (C=O) groups excluding carboxylic acids is 4. The molecular formula is C26H20N2O8. The molecule has 2 atom stereocenters. The van der Waals surface area contributed by atoms with Crippen LogP contribution in [-0.2, 0) is 31.9 Å². The third kappa shape index (κ3) is 5.27. The van der Waals surface area contributed by atoms with E-state index in [2.05, 4.69) is 10.6 Å². The van der Waals surface area contributed by atoms with Crippen molar-refractivity contribution in [3.8, 4) is 23.0 Å². The highest BCUT2D eigenvalue weighted by Gasteiger charge is 2.32. The molecule has 5 rings (SSSR count). The lowest BCUT2D eigenvalue weighted by Crippen LogP contribution is -2.25. The molecule has 0 saturated carbocycles. The first-order chi connectivity index (χ1) is 17.4. The number of nitrogens with one attached hydrogen (secondary N) is 2. The molecule has 0 spiro atoms. The molecule has 36 heavy (non-hydrogen) atoms. The number of benzene rings is 3. The van der Waals surface area contributed by atoms with Crippen LogP contribution < -0.4 is 20.1 Å². The minimum absolute atomic E-state index is 0.265. The summed E-state index contributed by atoms with van der Waals surface area (Å²) in [6.45, 7) is 0. The highest BCUT2D eigenvalue weighted by atomic mass is 16.6. The predicted molar refractivity (Wildman–Crippen MR) is 124 cm³/mol. The molecule has 2 heterocycles. The van der Waals surface area contributed by atoms with Crippen LogP contribution in [0.15, 0.2) is 72.8 Å². The second-order valence-electron chi connectivity index (χ2n) is 8.11. The molecule has 2 unspecified atom stereocenters. The Hall–Kier alpha value is -4.86. The molecule has 0 radical (unpaired) electrons. The molecule has 2 fully saturated rings. The smallest absolute Gasteiger partial charge is 0.414 e. The average molecular weight is 488 g/mol. The van der Waals surface area contributed by atoms with Crippen molar-refractivity contribution in [3.63, 3.8) is 0 Å². The van der Waals surface area contributed by atoms with Gasteiger partial charge in [-0.3, -0.25) is 20.2 Å². The van der Waals surface area contributed by atoms with Crippen molar-refractivity contribution in [2.24, 2.45) is 0 Å². The maximum absolute atomic E-state index is 11.7. The number of para-hydroxylation sites is 2. The molecule has 2 saturated heterocycles. The minimum atomic E-state index is -0.838. The number of hydrogen-bond acceptors (Lipinski definition) is 8. The predicted octanol–water partition coefficient (Wildman–Crippen LogP) is 3.63. The van der Waals surface area contributed by atoms with Crippen LogP contribution in [-0.4, -0.2) is 36.2 Å². The number of imide groups is 2. The summed E-state index contributed by atoms with van der Waals surface area (Å²) >= 11 is 0. The molecule has 3 aromatic rings. The van der Waals surface area contributed by atoms with Gasteiger partial charge in [-0.05, 0) is 47.5 Å². The van der Waals surface area contributed by atoms with Gasteiger partial charge in [0, 0.05) is 12.8 Å². The first kappa shape index (κ1) is 22.9. The molecule has 10 nitrogen and oxygen atoms in total. The van der Waals surface area contributed by atoms with Crippen LogP contribution in [0.2, 0.25) is 0 Å². The molecule has 2 N–H and O–H groups in total. The highest BCUT2D eigenvalue weighted by molar-refractivity contribution is 6.00. The normalized spacial score (nSPS) is 18.8. The van der Waals surface area contributed by atoms with E-state index in [1.165, 1.54) is 0 Å². The number of rotatable bonds is 8. The summed E-state index contributed by atoms with van der Waals surface area (Å²) < 4.78 is 21.9. The number of ether oxygens (including phenoxy) is 4. The fourth-order valence-corrected chi connectivity index (χ4v) is 3.74. The zero-order valence-electron chi connectivity index (χ0n) is 18.8. The SMILES string of the molecule is O=C1NC(=O)C(Cc2ccc(Oc3ccccc3Oc3ccc(CC4OC(=O)NC4=O)cc3)cc2)O1. The molecule has 2 aliphatic heterocycles. The highest BCUT2D eigenvalue weighted by Crippen LogP contribution is 2.35. The van der Waals surface area contributed by atoms with E-state index in [4.69, 9.17) is 18.9 Å². The van der Waals surface area contributed by atoms with Crippen LogP contribution in [0.3, 0.4) is 0 Å². The first-order valence-electron chi connectivity index (χ1n) is 11.1. The quantitative estimate of drug-likeness (QED) is 0.492. The maximum atomic E-state index is 11.7. The molecular weight excluding hydrogens is 468 g/mol. The lowest BCUT2D eigenvalue weighted by molar-refractivity contribution is -0.124. The third-order valence-corrected chi connectivity index (χ3v) is 5.53. The Morgan fingerprint density at radius 3 is 1.31 bits per heavy atom. The molecule has 182 valence electrons. The van der Waals surface area contributed by atoms with E-state index in [-0.39, 0.29) is 12.8 Å². The van der Waals surface area contributed by atoms with Crippen molar-refractivity contribution >= 4 is 24.0 Å². The Bertz CT molecular complexity index is 1220. The Kier molecular flexibility index (Phi) is 6.23. The topological polar surface area (TPSA) is 129 Å². The molecule has 0 aromatic heterocycles. The standard InChI is InChI=1S/C26H20N2O8/c29-23-21(35-25(31)27-23)13-15-5-9-17(10-6-15)33-19-3-1-2-4-20(19)34-18-11-7-16(8-12-18)14-22-24(30)28-26(32)36-22/h1-12,21-22H,13-14H2,(H,27,29,31)(H,28,30,32). The van der Waals surface area contributed by atoms with Gasteiger partial charge < -0.3 is 18.9 Å². The van der Waals surface area contributed by atoms with Crippen molar-refractivity contribution in [3.05, 3.63) is 83.9 Å². The van der Waals surface area contributed by atoms with Gasteiger partial charge in [0.1, 0.15) is 11.5 Å². The van der Waals surface area contributed by atoms with Crippen LogP contribution >= 0.6 is 0 Å². The van der Waals surface area contributed by atoms with Gasteiger partial charge in [0.25, 0.3) is 11.8 Å². The van der Waals surface area contributed by atoms with Crippen LogP contribution in [0.1, 0.15) is 11.1 Å². The Morgan fingerprint density at radius 2 is 0.972 bits per heavy atom. The largest absolute Gasteiger partial charge is 0.453 e. The second-order valence-corrected chi connectivity index (χ2v) is 8.11. The lowest BCUT2D eigenvalue weighted by atomic mass is 10.1. The van der Waals surface area contributed by atoms with Crippen LogP contribution in [0.25, 0.3) is 0 Å². The van der Waals surface area contributed by atoms with E-state index in [0.29, 0.717) is 23.0 Å². The van der Waals surface area contributed by atoms with Gasteiger partial charge in [0.2, 0.25) is 0 Å². The Balaban J connectivity index is 1.21. The van der Waals surface area contributed by atoms with Gasteiger partial charge in [0.15, 0.2) is 23.7 Å². The minimum Gasteiger partial charge on any atom is -0.453 e. The van der Waals surface area contributed by atoms with Gasteiger partial charge >= 0.3 is 12.2 Å². The van der Waals surface area contributed by atoms with Crippen molar-refractivity contribution < 1.29 is 38.1 Å². The zero-order chi connectivity index (χ0) is 25.1. The van der Waals surface area contributed by atoms with E-state index in [1.807, 2.05) is 12.1 Å². The van der Waals surface area contributed by atoms with Gasteiger partial charge in [-0.15, -0.1) is 0 Å². The summed E-state index contributed by atoms with van der Waals surface area (Å²) in [5.74, 6) is 1.20. The fourth-order valence-electron chi connectivity index (χ4n) is 3.74. The average Bonchev–Trinajstić information content (AvgIpc) is 3.35. The molecule has 10 heteroatoms. The van der Waals surface area contributed by atoms with E-state index < -0.39 is 36.2 Å². The molecule has 0 bridgehead atoms. The zero-order valence-corrected chi connectivity index (χ0v) is 18.8. The van der Waals surface area contributed by atoms with Gasteiger partial charge in [0.05, 0.1) is 0 Å². The summed E-state index contributed by atoms with van der Waals surface area (Å²) in [6, 6.07) is 21.4. The molecule has 4 amide bonds. The third-order valence-electron chi connectivity index (χ3n) is 5.53. The monoisotopic (exact) mass is 488 g/mol. The van der Waals surface area contributed by atoms with E-state index >= 15 is 0 Å². The van der Waals surface area contributed by atoms with E-state index in [9.17, 15) is 19.2 Å². The number of hydrogen-bond donors (Lipinski definition) is 2. The Labute approximate surface area is 205 Å². The van der Waals surface area contributed by atoms with Crippen LogP contribution in [0.5, 0.6) is 23.0 Å². The maximum Gasteiger partial charge on any atom is 0.414 e. The fraction of sp³-hybridized carbons (Fsp3) is 0.154. The number of alkyl carbamates (subject to hydrolysis) is 2. The van der Waals surface area contributed by atoms with Gasteiger partial charge in [-0.1, -0.05) is 36.4 Å². The second kappa shape index (κ2) is 9.79. The Morgan fingerprint density at radius 1 is 0.583 bits per heavy atom. The molecule has 2 aliphatic rings. The van der Waals surface area contributed by atoms with Crippen LogP contribution in [0.4, 0.5) is 9.59 Å². The lowest BCUT2D eigenvalue weighted by Gasteiger charge is -2.13. The molecule has 3 aromatic carbocycles. The number of carbonyl (C=O) groups is 4. The van der Waals surface area contributed by atoms with Crippen molar-refractivity contribution in [1.29, 1.82) is 0 Å². The summed E-state index contributed by atoms with van der Waals surface area (Å²) in [4.78, 5) is 45.7. The first-order valence-corrected chi connectivity index (χ1v) is 11.1. The summed E-state index contributed by atoms with van der Waals surface area (Å²) in [7, 11) is 0. The van der Waals surface area contributed by atoms with Crippen molar-refractivity contribution in [2.45, 2.75) is 25.0 Å². The van der Waals surface area contributed by atoms with Gasteiger partial charge in [-0.25, -0.2) is 9.59 Å².